The zero-order chi connectivity index (χ0) is 14.7. The van der Waals surface area contributed by atoms with E-state index in [0.29, 0.717) is 25.7 Å². The maximum absolute atomic E-state index is 12.2. The summed E-state index contributed by atoms with van der Waals surface area (Å²) in [7, 11) is 0. The van der Waals surface area contributed by atoms with E-state index in [4.69, 9.17) is 9.47 Å². The highest BCUT2D eigenvalue weighted by Gasteiger charge is 2.42. The monoisotopic (exact) mass is 270 g/mol. The van der Waals surface area contributed by atoms with Crippen molar-refractivity contribution in [3.05, 3.63) is 0 Å². The number of cyclic esters (lactones) is 1. The third kappa shape index (κ3) is 3.71. The molecule has 4 nitrogen and oxygen atoms in total. The lowest BCUT2D eigenvalue weighted by Crippen LogP contribution is -2.46. The zero-order valence-corrected chi connectivity index (χ0v) is 12.7. The topological polar surface area (TPSA) is 52.6 Å². The number of rotatable bonds is 4. The molecule has 1 fully saturated rings. The van der Waals surface area contributed by atoms with Gasteiger partial charge in [0.2, 0.25) is 0 Å². The minimum atomic E-state index is -0.701. The van der Waals surface area contributed by atoms with Crippen LogP contribution >= 0.6 is 0 Å². The van der Waals surface area contributed by atoms with Crippen LogP contribution in [0.3, 0.4) is 0 Å². The smallest absolute Gasteiger partial charge is 0.311 e. The molecule has 0 spiro atoms. The molecule has 2 atom stereocenters. The van der Waals surface area contributed by atoms with Gasteiger partial charge in [0, 0.05) is 6.42 Å². The van der Waals surface area contributed by atoms with Crippen LogP contribution in [0.5, 0.6) is 0 Å². The molecule has 0 saturated carbocycles. The van der Waals surface area contributed by atoms with E-state index in [1.54, 1.807) is 0 Å². The van der Waals surface area contributed by atoms with Crippen molar-refractivity contribution in [2.24, 2.45) is 5.41 Å². The standard InChI is InChI=1S/C15H26O4/c1-6-14(3,4)13(17)18-11-9-8-10-12(16)19-15(11,5)7-2/h11H,6-10H2,1-5H3. The summed E-state index contributed by atoms with van der Waals surface area (Å²) < 4.78 is 11.2. The molecule has 19 heavy (non-hydrogen) atoms. The molecule has 0 amide bonds. The Morgan fingerprint density at radius 1 is 1.47 bits per heavy atom. The first-order chi connectivity index (χ1) is 8.75. The first kappa shape index (κ1) is 16.0. The van der Waals surface area contributed by atoms with Gasteiger partial charge in [-0.05, 0) is 46.5 Å². The van der Waals surface area contributed by atoms with Crippen molar-refractivity contribution in [1.29, 1.82) is 0 Å². The summed E-state index contributed by atoms with van der Waals surface area (Å²) in [6, 6.07) is 0. The Labute approximate surface area is 115 Å². The Balaban J connectivity index is 2.84. The maximum atomic E-state index is 12.2. The van der Waals surface area contributed by atoms with Crippen LogP contribution in [0.15, 0.2) is 0 Å². The molecule has 0 aromatic carbocycles. The van der Waals surface area contributed by atoms with Crippen LogP contribution in [-0.2, 0) is 19.1 Å². The summed E-state index contributed by atoms with van der Waals surface area (Å²) in [6.45, 7) is 9.52. The van der Waals surface area contributed by atoms with E-state index in [9.17, 15) is 9.59 Å². The summed E-state index contributed by atoms with van der Waals surface area (Å²) in [5.74, 6) is -0.407. The lowest BCUT2D eigenvalue weighted by Gasteiger charge is -2.35. The van der Waals surface area contributed by atoms with Crippen molar-refractivity contribution in [2.45, 2.75) is 78.4 Å². The van der Waals surface area contributed by atoms with Gasteiger partial charge in [-0.1, -0.05) is 13.8 Å². The van der Waals surface area contributed by atoms with Crippen LogP contribution in [0.25, 0.3) is 0 Å². The van der Waals surface area contributed by atoms with Gasteiger partial charge < -0.3 is 9.47 Å². The normalized spacial score (nSPS) is 28.5. The second-order valence-corrected chi connectivity index (χ2v) is 6.16. The molecule has 0 N–H and O–H groups in total. The molecule has 0 radical (unpaired) electrons. The third-order valence-electron chi connectivity index (χ3n) is 4.26. The molecule has 4 heteroatoms. The summed E-state index contributed by atoms with van der Waals surface area (Å²) in [5.41, 5.74) is -1.20. The van der Waals surface area contributed by atoms with E-state index >= 15 is 0 Å². The van der Waals surface area contributed by atoms with Crippen molar-refractivity contribution >= 4 is 11.9 Å². The largest absolute Gasteiger partial charge is 0.458 e. The molecular weight excluding hydrogens is 244 g/mol. The highest BCUT2D eigenvalue weighted by Crippen LogP contribution is 2.33. The molecular formula is C15H26O4. The molecule has 2 unspecified atom stereocenters. The predicted octanol–water partition coefficient (Wildman–Crippen LogP) is 3.23. The van der Waals surface area contributed by atoms with Crippen LogP contribution in [0, 0.1) is 5.41 Å². The van der Waals surface area contributed by atoms with Gasteiger partial charge in [0.15, 0.2) is 0 Å². The fourth-order valence-corrected chi connectivity index (χ4v) is 2.03. The van der Waals surface area contributed by atoms with Crippen LogP contribution in [-0.4, -0.2) is 23.6 Å². The Bertz CT molecular complexity index is 348. The lowest BCUT2D eigenvalue weighted by atomic mass is 9.89. The minimum Gasteiger partial charge on any atom is -0.458 e. The summed E-state index contributed by atoms with van der Waals surface area (Å²) >= 11 is 0. The summed E-state index contributed by atoms with van der Waals surface area (Å²) in [6.07, 6.45) is 2.81. The van der Waals surface area contributed by atoms with E-state index in [1.807, 2.05) is 34.6 Å². The molecule has 1 rings (SSSR count). The summed E-state index contributed by atoms with van der Waals surface area (Å²) in [4.78, 5) is 23.8. The predicted molar refractivity (Wildman–Crippen MR) is 72.6 cm³/mol. The van der Waals surface area contributed by atoms with Crippen molar-refractivity contribution in [1.82, 2.24) is 0 Å². The Hall–Kier alpha value is -1.06. The zero-order valence-electron chi connectivity index (χ0n) is 12.7. The highest BCUT2D eigenvalue weighted by molar-refractivity contribution is 5.76. The van der Waals surface area contributed by atoms with Gasteiger partial charge in [-0.25, -0.2) is 0 Å². The Kier molecular flexibility index (Phi) is 4.99. The fraction of sp³-hybridized carbons (Fsp3) is 0.867. The average Bonchev–Trinajstić information content (AvgIpc) is 2.49. The third-order valence-corrected chi connectivity index (χ3v) is 4.26. The number of carbonyl (C=O) groups excluding carboxylic acids is 2. The number of carbonyl (C=O) groups is 2. The number of hydrogen-bond donors (Lipinski definition) is 0. The highest BCUT2D eigenvalue weighted by atomic mass is 16.6. The minimum absolute atomic E-state index is 0.197. The lowest BCUT2D eigenvalue weighted by molar-refractivity contribution is -0.186. The van der Waals surface area contributed by atoms with E-state index < -0.39 is 11.0 Å². The maximum Gasteiger partial charge on any atom is 0.311 e. The van der Waals surface area contributed by atoms with Gasteiger partial charge >= 0.3 is 11.9 Å². The second kappa shape index (κ2) is 5.93. The van der Waals surface area contributed by atoms with Crippen LogP contribution in [0.4, 0.5) is 0 Å². The van der Waals surface area contributed by atoms with Crippen molar-refractivity contribution < 1.29 is 19.1 Å². The SMILES string of the molecule is CCC(C)(C)C(=O)OC1CCCC(=O)OC1(C)CC. The van der Waals surface area contributed by atoms with Crippen molar-refractivity contribution in [2.75, 3.05) is 0 Å². The van der Waals surface area contributed by atoms with Crippen LogP contribution < -0.4 is 0 Å². The Morgan fingerprint density at radius 2 is 2.11 bits per heavy atom. The van der Waals surface area contributed by atoms with Gasteiger partial charge in [0.1, 0.15) is 11.7 Å². The molecule has 1 aliphatic heterocycles. The van der Waals surface area contributed by atoms with Gasteiger partial charge in [0.05, 0.1) is 5.41 Å². The number of ether oxygens (including phenoxy) is 2. The molecule has 0 aromatic rings. The fourth-order valence-electron chi connectivity index (χ4n) is 2.03. The van der Waals surface area contributed by atoms with Crippen molar-refractivity contribution in [3.63, 3.8) is 0 Å². The van der Waals surface area contributed by atoms with Crippen LogP contribution in [0.1, 0.15) is 66.7 Å². The average molecular weight is 270 g/mol. The van der Waals surface area contributed by atoms with Crippen LogP contribution in [0.2, 0.25) is 0 Å². The van der Waals surface area contributed by atoms with E-state index in [-0.39, 0.29) is 18.0 Å². The first-order valence-electron chi connectivity index (χ1n) is 7.18. The molecule has 110 valence electrons. The van der Waals surface area contributed by atoms with Gasteiger partial charge in [-0.3, -0.25) is 9.59 Å². The second-order valence-electron chi connectivity index (χ2n) is 6.16. The van der Waals surface area contributed by atoms with E-state index in [0.717, 1.165) is 6.42 Å². The molecule has 1 saturated heterocycles. The Morgan fingerprint density at radius 3 is 2.63 bits per heavy atom. The quantitative estimate of drug-likeness (QED) is 0.736. The molecule has 0 aromatic heterocycles. The van der Waals surface area contributed by atoms with Gasteiger partial charge in [0.25, 0.3) is 0 Å². The van der Waals surface area contributed by atoms with E-state index in [1.165, 1.54) is 0 Å². The van der Waals surface area contributed by atoms with Gasteiger partial charge in [-0.15, -0.1) is 0 Å². The van der Waals surface area contributed by atoms with Gasteiger partial charge in [-0.2, -0.15) is 0 Å². The molecule has 0 aliphatic carbocycles. The molecule has 1 aliphatic rings. The van der Waals surface area contributed by atoms with E-state index in [2.05, 4.69) is 0 Å². The number of esters is 2. The van der Waals surface area contributed by atoms with Crippen molar-refractivity contribution in [3.8, 4) is 0 Å². The first-order valence-corrected chi connectivity index (χ1v) is 7.18. The molecule has 0 bridgehead atoms. The molecule has 1 heterocycles. The summed E-state index contributed by atoms with van der Waals surface area (Å²) in [5, 5.41) is 0. The number of hydrogen-bond acceptors (Lipinski definition) is 4.